The molecule has 2 aromatic carbocycles. The molecule has 4 aromatic rings. The Morgan fingerprint density at radius 3 is 2.46 bits per heavy atom. The Morgan fingerprint density at radius 2 is 1.75 bits per heavy atom. The van der Waals surface area contributed by atoms with Gasteiger partial charge in [0.1, 0.15) is 17.4 Å². The van der Waals surface area contributed by atoms with Crippen LogP contribution in [0.25, 0.3) is 22.1 Å². The number of furan rings is 1. The predicted molar refractivity (Wildman–Crippen MR) is 107 cm³/mol. The fourth-order valence-corrected chi connectivity index (χ4v) is 2.95. The van der Waals surface area contributed by atoms with E-state index in [1.54, 1.807) is 39.7 Å². The lowest BCUT2D eigenvalue weighted by atomic mass is 10.2. The van der Waals surface area contributed by atoms with Crippen molar-refractivity contribution >= 4 is 34.1 Å². The number of fused-ring (bicyclic) bond motifs is 3. The zero-order valence-corrected chi connectivity index (χ0v) is 15.6. The normalized spacial score (nSPS) is 11.2. The lowest BCUT2D eigenvalue weighted by Gasteiger charge is -2.12. The monoisotopic (exact) mass is 378 g/mol. The highest BCUT2D eigenvalue weighted by atomic mass is 16.5. The van der Waals surface area contributed by atoms with Crippen molar-refractivity contribution in [3.63, 3.8) is 0 Å². The Labute approximate surface area is 160 Å². The van der Waals surface area contributed by atoms with Crippen LogP contribution in [0.5, 0.6) is 17.2 Å². The molecule has 0 unspecified atom stereocenters. The molecule has 0 atom stereocenters. The first-order valence-corrected chi connectivity index (χ1v) is 8.46. The zero-order chi connectivity index (χ0) is 19.5. The number of nitrogens with one attached hydrogen (secondary N) is 1. The molecular weight excluding hydrogens is 360 g/mol. The molecule has 0 amide bonds. The summed E-state index contributed by atoms with van der Waals surface area (Å²) in [7, 11) is 4.69. The van der Waals surface area contributed by atoms with Crippen LogP contribution in [0.3, 0.4) is 0 Å². The summed E-state index contributed by atoms with van der Waals surface area (Å²) in [6.07, 6.45) is 3.10. The van der Waals surface area contributed by atoms with E-state index in [0.717, 1.165) is 22.0 Å². The molecule has 0 bridgehead atoms. The van der Waals surface area contributed by atoms with E-state index in [9.17, 15) is 0 Å². The minimum Gasteiger partial charge on any atom is -0.493 e. The van der Waals surface area contributed by atoms with Gasteiger partial charge in [0.2, 0.25) is 5.75 Å². The van der Waals surface area contributed by atoms with Gasteiger partial charge in [-0.15, -0.1) is 0 Å². The zero-order valence-electron chi connectivity index (χ0n) is 15.6. The topological polar surface area (TPSA) is 91.0 Å². The molecule has 2 heterocycles. The van der Waals surface area contributed by atoms with Crippen molar-refractivity contribution in [2.24, 2.45) is 5.10 Å². The Morgan fingerprint density at radius 1 is 1.00 bits per heavy atom. The molecule has 0 aliphatic heterocycles. The number of nitrogens with zero attached hydrogens (tertiary/aromatic N) is 3. The van der Waals surface area contributed by atoms with Crippen LogP contribution in [0.4, 0.5) is 5.82 Å². The van der Waals surface area contributed by atoms with Gasteiger partial charge in [-0.2, -0.15) is 5.10 Å². The highest BCUT2D eigenvalue weighted by Crippen LogP contribution is 2.37. The van der Waals surface area contributed by atoms with Crippen LogP contribution in [0.1, 0.15) is 5.56 Å². The average Bonchev–Trinajstić information content (AvgIpc) is 3.12. The first-order chi connectivity index (χ1) is 13.7. The highest BCUT2D eigenvalue weighted by molar-refractivity contribution is 6.05. The van der Waals surface area contributed by atoms with Gasteiger partial charge in [-0.1, -0.05) is 12.1 Å². The second-order valence-corrected chi connectivity index (χ2v) is 5.83. The van der Waals surface area contributed by atoms with Gasteiger partial charge >= 0.3 is 0 Å². The molecule has 0 fully saturated rings. The molecule has 0 radical (unpaired) electrons. The third-order valence-electron chi connectivity index (χ3n) is 4.23. The predicted octanol–water partition coefficient (Wildman–Crippen LogP) is 3.85. The molecule has 8 heteroatoms. The van der Waals surface area contributed by atoms with Crippen molar-refractivity contribution in [2.75, 3.05) is 26.8 Å². The molecule has 1 N–H and O–H groups in total. The molecule has 28 heavy (non-hydrogen) atoms. The number of hydrazone groups is 1. The highest BCUT2D eigenvalue weighted by Gasteiger charge is 2.13. The van der Waals surface area contributed by atoms with Crippen LogP contribution in [0.2, 0.25) is 0 Å². The molecule has 0 spiro atoms. The van der Waals surface area contributed by atoms with E-state index in [0.29, 0.717) is 28.6 Å². The number of rotatable bonds is 6. The molecule has 8 nitrogen and oxygen atoms in total. The number of ether oxygens (including phenoxy) is 3. The second-order valence-electron chi connectivity index (χ2n) is 5.83. The largest absolute Gasteiger partial charge is 0.493 e. The van der Waals surface area contributed by atoms with Crippen LogP contribution in [-0.2, 0) is 0 Å². The van der Waals surface area contributed by atoms with E-state index < -0.39 is 0 Å². The quantitative estimate of drug-likeness (QED) is 0.402. The van der Waals surface area contributed by atoms with Gasteiger partial charge in [-0.25, -0.2) is 9.97 Å². The SMILES string of the molecule is COc1cc(/C=N\Nc2ncnc3c2oc2ccccc23)cc(OC)c1OC. The summed E-state index contributed by atoms with van der Waals surface area (Å²) < 4.78 is 21.9. The lowest BCUT2D eigenvalue weighted by Crippen LogP contribution is -1.98. The third kappa shape index (κ3) is 3.05. The number of anilines is 1. The molecule has 0 saturated heterocycles. The van der Waals surface area contributed by atoms with Crippen LogP contribution < -0.4 is 19.6 Å². The number of para-hydroxylation sites is 1. The van der Waals surface area contributed by atoms with Gasteiger partial charge in [0, 0.05) is 10.9 Å². The number of aromatic nitrogens is 2. The Balaban J connectivity index is 1.65. The molecule has 0 saturated carbocycles. The summed E-state index contributed by atoms with van der Waals surface area (Å²) >= 11 is 0. The van der Waals surface area contributed by atoms with E-state index in [-0.39, 0.29) is 0 Å². The molecule has 0 aliphatic rings. The van der Waals surface area contributed by atoms with E-state index in [2.05, 4.69) is 20.5 Å². The maximum atomic E-state index is 5.87. The van der Waals surface area contributed by atoms with Crippen molar-refractivity contribution in [3.05, 3.63) is 48.3 Å². The first kappa shape index (κ1) is 17.6. The van der Waals surface area contributed by atoms with Gasteiger partial charge < -0.3 is 18.6 Å². The van der Waals surface area contributed by atoms with E-state index in [1.807, 2.05) is 24.3 Å². The van der Waals surface area contributed by atoms with Gasteiger partial charge in [0.05, 0.1) is 27.5 Å². The maximum absolute atomic E-state index is 5.87. The van der Waals surface area contributed by atoms with Crippen LogP contribution >= 0.6 is 0 Å². The van der Waals surface area contributed by atoms with Crippen molar-refractivity contribution in [1.29, 1.82) is 0 Å². The molecule has 2 aromatic heterocycles. The molecule has 142 valence electrons. The summed E-state index contributed by atoms with van der Waals surface area (Å²) in [5.74, 6) is 2.09. The summed E-state index contributed by atoms with van der Waals surface area (Å²) in [6.45, 7) is 0. The maximum Gasteiger partial charge on any atom is 0.203 e. The summed E-state index contributed by atoms with van der Waals surface area (Å²) in [5.41, 5.74) is 5.70. The second kappa shape index (κ2) is 7.43. The molecular formula is C20H18N4O4. The number of methoxy groups -OCH3 is 3. The standard InChI is InChI=1S/C20H18N4O4/c1-25-15-8-12(9-16(26-2)18(15)27-3)10-23-24-20-19-17(21-11-22-20)13-6-4-5-7-14(13)28-19/h4-11H,1-3H3,(H,21,22,24)/b23-10-. The summed E-state index contributed by atoms with van der Waals surface area (Å²) in [6, 6.07) is 11.3. The molecule has 4 rings (SSSR count). The van der Waals surface area contributed by atoms with E-state index in [4.69, 9.17) is 18.6 Å². The lowest BCUT2D eigenvalue weighted by molar-refractivity contribution is 0.324. The number of benzene rings is 2. The van der Waals surface area contributed by atoms with Crippen molar-refractivity contribution in [1.82, 2.24) is 9.97 Å². The number of hydrogen-bond acceptors (Lipinski definition) is 8. The van der Waals surface area contributed by atoms with Crippen molar-refractivity contribution in [2.45, 2.75) is 0 Å². The smallest absolute Gasteiger partial charge is 0.203 e. The van der Waals surface area contributed by atoms with Crippen molar-refractivity contribution < 1.29 is 18.6 Å². The minimum absolute atomic E-state index is 0.477. The van der Waals surface area contributed by atoms with E-state index >= 15 is 0 Å². The van der Waals surface area contributed by atoms with Crippen LogP contribution in [-0.4, -0.2) is 37.5 Å². The number of hydrogen-bond donors (Lipinski definition) is 1. The Kier molecular flexibility index (Phi) is 4.67. The minimum atomic E-state index is 0.477. The van der Waals surface area contributed by atoms with Crippen molar-refractivity contribution in [3.8, 4) is 17.2 Å². The van der Waals surface area contributed by atoms with Gasteiger partial charge in [-0.3, -0.25) is 5.43 Å². The first-order valence-electron chi connectivity index (χ1n) is 8.46. The fourth-order valence-electron chi connectivity index (χ4n) is 2.95. The van der Waals surface area contributed by atoms with Gasteiger partial charge in [0.15, 0.2) is 22.9 Å². The Bertz CT molecular complexity index is 1140. The fraction of sp³-hybridized carbons (Fsp3) is 0.150. The van der Waals surface area contributed by atoms with Gasteiger partial charge in [0.25, 0.3) is 0 Å². The van der Waals surface area contributed by atoms with Gasteiger partial charge in [-0.05, 0) is 24.3 Å². The Hall–Kier alpha value is -3.81. The summed E-state index contributed by atoms with van der Waals surface area (Å²) in [5, 5.41) is 5.19. The molecule has 0 aliphatic carbocycles. The van der Waals surface area contributed by atoms with Crippen LogP contribution in [0, 0.1) is 0 Å². The average molecular weight is 378 g/mol. The summed E-state index contributed by atoms with van der Waals surface area (Å²) in [4.78, 5) is 8.55. The van der Waals surface area contributed by atoms with Crippen LogP contribution in [0.15, 0.2) is 52.2 Å². The van der Waals surface area contributed by atoms with E-state index in [1.165, 1.54) is 6.33 Å². The third-order valence-corrected chi connectivity index (χ3v) is 4.23.